The van der Waals surface area contributed by atoms with Crippen LogP contribution in [0.4, 0.5) is 8.78 Å². The molecule has 2 aromatic rings. The first-order valence-electron chi connectivity index (χ1n) is 7.19. The number of pyridine rings is 1. The zero-order chi connectivity index (χ0) is 16.7. The third-order valence-electron chi connectivity index (χ3n) is 3.07. The lowest BCUT2D eigenvalue weighted by Crippen LogP contribution is -2.08. The summed E-state index contributed by atoms with van der Waals surface area (Å²) in [7, 11) is 0. The Labute approximate surface area is 133 Å². The highest BCUT2D eigenvalue weighted by atomic mass is 19.3. The lowest BCUT2D eigenvalue weighted by atomic mass is 10.2. The smallest absolute Gasteiger partial charge is 0.387 e. The Morgan fingerprint density at radius 1 is 1.17 bits per heavy atom. The lowest BCUT2D eigenvalue weighted by Gasteiger charge is -2.07. The van der Waals surface area contributed by atoms with Gasteiger partial charge in [-0.25, -0.2) is 4.79 Å². The molecule has 1 aromatic carbocycles. The summed E-state index contributed by atoms with van der Waals surface area (Å²) in [5.41, 5.74) is 2.19. The molecule has 23 heavy (non-hydrogen) atoms. The molecule has 0 bridgehead atoms. The molecular formula is C17H17F2NO3. The van der Waals surface area contributed by atoms with Crippen LogP contribution in [0.25, 0.3) is 0 Å². The van der Waals surface area contributed by atoms with E-state index in [1.165, 1.54) is 24.3 Å². The van der Waals surface area contributed by atoms with Crippen LogP contribution in [0, 0.1) is 6.92 Å². The fourth-order valence-electron chi connectivity index (χ4n) is 2.01. The predicted octanol–water partition coefficient (Wildman–Crippen LogP) is 3.78. The van der Waals surface area contributed by atoms with Gasteiger partial charge in [0.05, 0.1) is 12.2 Å². The second kappa shape index (κ2) is 8.22. The van der Waals surface area contributed by atoms with Crippen molar-refractivity contribution in [1.82, 2.24) is 4.98 Å². The molecule has 0 aliphatic rings. The molecule has 4 nitrogen and oxygen atoms in total. The molecule has 0 atom stereocenters. The van der Waals surface area contributed by atoms with E-state index in [0.717, 1.165) is 17.8 Å². The summed E-state index contributed by atoms with van der Waals surface area (Å²) in [5.74, 6) is -0.493. The molecule has 0 N–H and O–H groups in total. The Kier molecular flexibility index (Phi) is 6.02. The number of aryl methyl sites for hydroxylation is 2. The highest BCUT2D eigenvalue weighted by Crippen LogP contribution is 2.15. The number of ether oxygens (including phenoxy) is 2. The number of hydrogen-bond acceptors (Lipinski definition) is 4. The van der Waals surface area contributed by atoms with Crippen LogP contribution in [0.1, 0.15) is 28.2 Å². The van der Waals surface area contributed by atoms with Crippen molar-refractivity contribution >= 4 is 5.97 Å². The van der Waals surface area contributed by atoms with E-state index in [9.17, 15) is 13.6 Å². The summed E-state index contributed by atoms with van der Waals surface area (Å²) in [6, 6.07) is 11.2. The Bertz CT molecular complexity index is 645. The summed E-state index contributed by atoms with van der Waals surface area (Å²) in [6.45, 7) is -0.697. The Balaban J connectivity index is 1.76. The van der Waals surface area contributed by atoms with Gasteiger partial charge >= 0.3 is 12.6 Å². The quantitative estimate of drug-likeness (QED) is 0.575. The molecule has 0 fully saturated rings. The number of carbonyl (C=O) groups is 1. The molecule has 1 heterocycles. The van der Waals surface area contributed by atoms with Gasteiger partial charge in [-0.1, -0.05) is 6.07 Å². The molecular weight excluding hydrogens is 304 g/mol. The maximum atomic E-state index is 12.0. The van der Waals surface area contributed by atoms with Gasteiger partial charge in [-0.2, -0.15) is 8.78 Å². The van der Waals surface area contributed by atoms with E-state index in [1.54, 1.807) is 0 Å². The molecule has 6 heteroatoms. The Hall–Kier alpha value is -2.50. The predicted molar refractivity (Wildman–Crippen MR) is 80.7 cm³/mol. The molecule has 1 aromatic heterocycles. The summed E-state index contributed by atoms with van der Waals surface area (Å²) < 4.78 is 33.4. The van der Waals surface area contributed by atoms with Crippen LogP contribution in [-0.4, -0.2) is 24.2 Å². The maximum absolute atomic E-state index is 12.0. The van der Waals surface area contributed by atoms with Gasteiger partial charge in [-0.15, -0.1) is 0 Å². The van der Waals surface area contributed by atoms with Crippen molar-refractivity contribution in [3.05, 3.63) is 59.4 Å². The van der Waals surface area contributed by atoms with Crippen molar-refractivity contribution in [3.63, 3.8) is 0 Å². The zero-order valence-electron chi connectivity index (χ0n) is 12.7. The number of halogens is 2. The Morgan fingerprint density at radius 2 is 1.91 bits per heavy atom. The monoisotopic (exact) mass is 321 g/mol. The highest BCUT2D eigenvalue weighted by molar-refractivity contribution is 5.89. The van der Waals surface area contributed by atoms with Crippen molar-refractivity contribution in [3.8, 4) is 5.75 Å². The van der Waals surface area contributed by atoms with E-state index in [0.29, 0.717) is 12.0 Å². The number of esters is 1. The number of benzene rings is 1. The van der Waals surface area contributed by atoms with E-state index < -0.39 is 12.6 Å². The van der Waals surface area contributed by atoms with Crippen molar-refractivity contribution in [2.75, 3.05) is 6.61 Å². The average Bonchev–Trinajstić information content (AvgIpc) is 2.51. The van der Waals surface area contributed by atoms with E-state index in [4.69, 9.17) is 4.74 Å². The largest absolute Gasteiger partial charge is 0.462 e. The first-order chi connectivity index (χ1) is 11.0. The number of hydrogen-bond donors (Lipinski definition) is 0. The standard InChI is InChI=1S/C17H17F2NO3/c1-12-4-2-5-14(20-12)6-3-11-22-16(21)13-7-9-15(10-8-13)23-17(18)19/h2,4-5,7-10,17H,3,6,11H2,1H3. The topological polar surface area (TPSA) is 48.4 Å². The van der Waals surface area contributed by atoms with Gasteiger partial charge in [0.2, 0.25) is 0 Å². The van der Waals surface area contributed by atoms with Crippen molar-refractivity contribution in [2.24, 2.45) is 0 Å². The Morgan fingerprint density at radius 3 is 2.57 bits per heavy atom. The minimum Gasteiger partial charge on any atom is -0.462 e. The van der Waals surface area contributed by atoms with Crippen molar-refractivity contribution < 1.29 is 23.0 Å². The van der Waals surface area contributed by atoms with Gasteiger partial charge in [0.15, 0.2) is 0 Å². The number of aromatic nitrogens is 1. The van der Waals surface area contributed by atoms with Crippen molar-refractivity contribution in [1.29, 1.82) is 0 Å². The summed E-state index contributed by atoms with van der Waals surface area (Å²) in [6.07, 6.45) is 1.38. The molecule has 122 valence electrons. The number of nitrogens with zero attached hydrogens (tertiary/aromatic N) is 1. The van der Waals surface area contributed by atoms with E-state index >= 15 is 0 Å². The molecule has 0 saturated heterocycles. The minimum absolute atomic E-state index is 0.00192. The maximum Gasteiger partial charge on any atom is 0.387 e. The summed E-state index contributed by atoms with van der Waals surface area (Å²) >= 11 is 0. The fourth-order valence-corrected chi connectivity index (χ4v) is 2.01. The summed E-state index contributed by atoms with van der Waals surface area (Å²) in [4.78, 5) is 16.2. The van der Waals surface area contributed by atoms with Crippen LogP contribution < -0.4 is 4.74 Å². The van der Waals surface area contributed by atoms with E-state index in [2.05, 4.69) is 9.72 Å². The lowest BCUT2D eigenvalue weighted by molar-refractivity contribution is -0.0498. The van der Waals surface area contributed by atoms with Crippen LogP contribution >= 0.6 is 0 Å². The van der Waals surface area contributed by atoms with Crippen LogP contribution in [0.3, 0.4) is 0 Å². The van der Waals surface area contributed by atoms with Gasteiger partial charge in [0.1, 0.15) is 5.75 Å². The number of alkyl halides is 2. The van der Waals surface area contributed by atoms with Gasteiger partial charge in [0, 0.05) is 11.4 Å². The number of rotatable bonds is 7. The zero-order valence-corrected chi connectivity index (χ0v) is 12.7. The number of carbonyl (C=O) groups excluding carboxylic acids is 1. The van der Waals surface area contributed by atoms with Gasteiger partial charge in [-0.3, -0.25) is 4.98 Å². The van der Waals surface area contributed by atoms with Crippen LogP contribution in [0.5, 0.6) is 5.75 Å². The van der Waals surface area contributed by atoms with E-state index in [1.807, 2.05) is 25.1 Å². The molecule has 0 aliphatic carbocycles. The van der Waals surface area contributed by atoms with Crippen LogP contribution in [0.2, 0.25) is 0 Å². The van der Waals surface area contributed by atoms with Crippen molar-refractivity contribution in [2.45, 2.75) is 26.4 Å². The van der Waals surface area contributed by atoms with Crippen LogP contribution in [0.15, 0.2) is 42.5 Å². The third kappa shape index (κ3) is 5.65. The fraction of sp³-hybridized carbons (Fsp3) is 0.294. The molecule has 0 aliphatic heterocycles. The molecule has 2 rings (SSSR count). The van der Waals surface area contributed by atoms with Crippen LogP contribution in [-0.2, 0) is 11.2 Å². The molecule has 0 unspecified atom stereocenters. The van der Waals surface area contributed by atoms with Gasteiger partial charge in [0.25, 0.3) is 0 Å². The molecule has 0 spiro atoms. The second-order valence-electron chi connectivity index (χ2n) is 4.91. The summed E-state index contributed by atoms with van der Waals surface area (Å²) in [5, 5.41) is 0. The highest BCUT2D eigenvalue weighted by Gasteiger charge is 2.09. The first-order valence-corrected chi connectivity index (χ1v) is 7.19. The molecule has 0 saturated carbocycles. The van der Waals surface area contributed by atoms with E-state index in [-0.39, 0.29) is 12.4 Å². The first kappa shape index (κ1) is 16.9. The second-order valence-corrected chi connectivity index (χ2v) is 4.91. The average molecular weight is 321 g/mol. The van der Waals surface area contributed by atoms with Gasteiger partial charge < -0.3 is 9.47 Å². The normalized spacial score (nSPS) is 10.6. The molecule has 0 radical (unpaired) electrons. The molecule has 0 amide bonds. The van der Waals surface area contributed by atoms with Gasteiger partial charge in [-0.05, 0) is 56.2 Å². The third-order valence-corrected chi connectivity index (χ3v) is 3.07. The SMILES string of the molecule is Cc1cccc(CCCOC(=O)c2ccc(OC(F)F)cc2)n1. The minimum atomic E-state index is -2.89.